The van der Waals surface area contributed by atoms with E-state index in [-0.39, 0.29) is 11.3 Å². The van der Waals surface area contributed by atoms with Gasteiger partial charge < -0.3 is 0 Å². The van der Waals surface area contributed by atoms with E-state index in [0.29, 0.717) is 5.03 Å². The molecule has 0 radical (unpaired) electrons. The molecule has 2 aromatic carbocycles. The molecule has 0 aliphatic carbocycles. The van der Waals surface area contributed by atoms with Crippen molar-refractivity contribution in [1.82, 2.24) is 0 Å². The monoisotopic (exact) mass is 313 g/mol. The molecule has 110 valence electrons. The number of carbonyl (C=O) groups excluding carboxylic acids is 1. The van der Waals surface area contributed by atoms with Crippen LogP contribution in [0.5, 0.6) is 0 Å². The Balaban J connectivity index is 2.19. The molecule has 0 N–H and O–H groups in total. The van der Waals surface area contributed by atoms with Crippen LogP contribution >= 0.6 is 11.6 Å². The zero-order chi connectivity index (χ0) is 15.9. The number of para-hydroxylation sites is 1. The van der Waals surface area contributed by atoms with Gasteiger partial charge in [0.2, 0.25) is 0 Å². The molecular formula is C17H12ClNO3. The summed E-state index contributed by atoms with van der Waals surface area (Å²) < 4.78 is 0. The van der Waals surface area contributed by atoms with Crippen molar-refractivity contribution in [3.8, 4) is 0 Å². The lowest BCUT2D eigenvalue weighted by Crippen LogP contribution is -2.00. The van der Waals surface area contributed by atoms with Crippen LogP contribution in [-0.2, 0) is 0 Å². The average molecular weight is 314 g/mol. The Kier molecular flexibility index (Phi) is 5.22. The van der Waals surface area contributed by atoms with Gasteiger partial charge in [0.05, 0.1) is 10.5 Å². The molecule has 4 nitrogen and oxygen atoms in total. The lowest BCUT2D eigenvalue weighted by atomic mass is 10.1. The molecule has 0 unspecified atom stereocenters. The maximum Gasteiger partial charge on any atom is 0.280 e. The molecule has 0 amide bonds. The number of halogens is 1. The summed E-state index contributed by atoms with van der Waals surface area (Å²) in [6, 6.07) is 15.2. The van der Waals surface area contributed by atoms with Gasteiger partial charge in [-0.2, -0.15) is 0 Å². The summed E-state index contributed by atoms with van der Waals surface area (Å²) in [4.78, 5) is 22.4. The minimum Gasteiger partial charge on any atom is -0.289 e. The molecule has 0 aliphatic rings. The zero-order valence-electron chi connectivity index (χ0n) is 11.5. The van der Waals surface area contributed by atoms with Crippen LogP contribution < -0.4 is 0 Å². The SMILES string of the molecule is O=C(/C=C/C(Cl)=C/c1ccccc1)c1ccccc1[N+](=O)[O-]. The predicted octanol–water partition coefficient (Wildman–Crippen LogP) is 4.61. The highest BCUT2D eigenvalue weighted by Crippen LogP contribution is 2.19. The van der Waals surface area contributed by atoms with E-state index in [1.54, 1.807) is 12.1 Å². The molecule has 0 heterocycles. The summed E-state index contributed by atoms with van der Waals surface area (Å²) in [5.74, 6) is -0.466. The van der Waals surface area contributed by atoms with Crippen molar-refractivity contribution in [1.29, 1.82) is 0 Å². The summed E-state index contributed by atoms with van der Waals surface area (Å²) in [5.41, 5.74) is 0.712. The summed E-state index contributed by atoms with van der Waals surface area (Å²) >= 11 is 6.04. The maximum absolute atomic E-state index is 12.0. The van der Waals surface area contributed by atoms with E-state index in [9.17, 15) is 14.9 Å². The first-order valence-electron chi connectivity index (χ1n) is 6.46. The highest BCUT2D eigenvalue weighted by atomic mass is 35.5. The molecule has 0 spiro atoms. The second-order valence-electron chi connectivity index (χ2n) is 4.41. The van der Waals surface area contributed by atoms with E-state index >= 15 is 0 Å². The van der Waals surface area contributed by atoms with Gasteiger partial charge in [-0.3, -0.25) is 14.9 Å². The Morgan fingerprint density at radius 2 is 1.64 bits per heavy atom. The Morgan fingerprint density at radius 1 is 1.00 bits per heavy atom. The Morgan fingerprint density at radius 3 is 2.32 bits per heavy atom. The van der Waals surface area contributed by atoms with Crippen molar-refractivity contribution in [3.05, 3.63) is 93.0 Å². The minimum absolute atomic E-state index is 0.0351. The largest absolute Gasteiger partial charge is 0.289 e. The van der Waals surface area contributed by atoms with Crippen LogP contribution in [0.4, 0.5) is 5.69 Å². The maximum atomic E-state index is 12.0. The summed E-state index contributed by atoms with van der Waals surface area (Å²) in [7, 11) is 0. The number of allylic oxidation sites excluding steroid dienone is 3. The molecule has 2 aromatic rings. The molecule has 0 fully saturated rings. The number of ketones is 1. The summed E-state index contributed by atoms with van der Waals surface area (Å²) in [5, 5.41) is 11.3. The molecule has 5 heteroatoms. The number of nitrogens with zero attached hydrogens (tertiary/aromatic N) is 1. The van der Waals surface area contributed by atoms with Crippen LogP contribution in [0.2, 0.25) is 0 Å². The number of hydrogen-bond acceptors (Lipinski definition) is 3. The third-order valence-corrected chi connectivity index (χ3v) is 3.10. The van der Waals surface area contributed by atoms with Gasteiger partial charge in [0.15, 0.2) is 5.78 Å². The summed E-state index contributed by atoms with van der Waals surface area (Å²) in [6.07, 6.45) is 4.35. The van der Waals surface area contributed by atoms with Gasteiger partial charge in [0.1, 0.15) is 0 Å². The molecule has 0 saturated carbocycles. The normalized spacial score (nSPS) is 11.6. The lowest BCUT2D eigenvalue weighted by Gasteiger charge is -1.98. The zero-order valence-corrected chi connectivity index (χ0v) is 12.2. The van der Waals surface area contributed by atoms with E-state index in [1.165, 1.54) is 30.4 Å². The van der Waals surface area contributed by atoms with Crippen molar-refractivity contribution in [2.24, 2.45) is 0 Å². The second kappa shape index (κ2) is 7.33. The third kappa shape index (κ3) is 4.14. The fourth-order valence-electron chi connectivity index (χ4n) is 1.84. The van der Waals surface area contributed by atoms with Gasteiger partial charge >= 0.3 is 0 Å². The Hall–Kier alpha value is -2.72. The van der Waals surface area contributed by atoms with E-state index in [0.717, 1.165) is 5.56 Å². The number of nitro benzene ring substituents is 1. The summed E-state index contributed by atoms with van der Waals surface area (Å²) in [6.45, 7) is 0. The van der Waals surface area contributed by atoms with E-state index in [1.807, 2.05) is 30.3 Å². The minimum atomic E-state index is -0.581. The fourth-order valence-corrected chi connectivity index (χ4v) is 2.03. The molecule has 2 rings (SSSR count). The lowest BCUT2D eigenvalue weighted by molar-refractivity contribution is -0.385. The fraction of sp³-hybridized carbons (Fsp3) is 0. The van der Waals surface area contributed by atoms with Gasteiger partial charge in [-0.25, -0.2) is 0 Å². The van der Waals surface area contributed by atoms with E-state index < -0.39 is 10.7 Å². The van der Waals surface area contributed by atoms with E-state index in [4.69, 9.17) is 11.6 Å². The van der Waals surface area contributed by atoms with Crippen molar-refractivity contribution in [3.63, 3.8) is 0 Å². The highest BCUT2D eigenvalue weighted by Gasteiger charge is 2.16. The smallest absolute Gasteiger partial charge is 0.280 e. The van der Waals surface area contributed by atoms with Gasteiger partial charge in [0, 0.05) is 11.1 Å². The standard InChI is InChI=1S/C17H12ClNO3/c18-14(12-13-6-2-1-3-7-13)10-11-17(20)15-8-4-5-9-16(15)19(21)22/h1-12H/b11-10+,14-12-. The first-order valence-corrected chi connectivity index (χ1v) is 6.84. The molecule has 0 aromatic heterocycles. The van der Waals surface area contributed by atoms with Gasteiger partial charge in [0.25, 0.3) is 5.69 Å². The highest BCUT2D eigenvalue weighted by molar-refractivity contribution is 6.33. The van der Waals surface area contributed by atoms with Gasteiger partial charge in [-0.1, -0.05) is 54.1 Å². The van der Waals surface area contributed by atoms with Gasteiger partial charge in [-0.15, -0.1) is 0 Å². The molecule has 0 atom stereocenters. The van der Waals surface area contributed by atoms with Crippen molar-refractivity contribution in [2.45, 2.75) is 0 Å². The van der Waals surface area contributed by atoms with Gasteiger partial charge in [-0.05, 0) is 29.9 Å². The van der Waals surface area contributed by atoms with Crippen LogP contribution in [0.15, 0.2) is 71.8 Å². The van der Waals surface area contributed by atoms with Crippen molar-refractivity contribution >= 4 is 29.1 Å². The van der Waals surface area contributed by atoms with Crippen molar-refractivity contribution in [2.75, 3.05) is 0 Å². The number of hydrogen-bond donors (Lipinski definition) is 0. The van der Waals surface area contributed by atoms with Crippen LogP contribution in [-0.4, -0.2) is 10.7 Å². The molecule has 22 heavy (non-hydrogen) atoms. The average Bonchev–Trinajstić information content (AvgIpc) is 2.53. The third-order valence-electron chi connectivity index (χ3n) is 2.86. The quantitative estimate of drug-likeness (QED) is 0.266. The van der Waals surface area contributed by atoms with Crippen LogP contribution in [0.1, 0.15) is 15.9 Å². The Labute approximate surface area is 132 Å². The number of carbonyl (C=O) groups is 1. The predicted molar refractivity (Wildman–Crippen MR) is 86.8 cm³/mol. The molecule has 0 bridgehead atoms. The molecule has 0 aliphatic heterocycles. The topological polar surface area (TPSA) is 60.2 Å². The van der Waals surface area contributed by atoms with E-state index in [2.05, 4.69) is 0 Å². The number of nitro groups is 1. The Bertz CT molecular complexity index is 752. The first-order chi connectivity index (χ1) is 10.6. The second-order valence-corrected chi connectivity index (χ2v) is 4.85. The first kappa shape index (κ1) is 15.7. The number of benzene rings is 2. The van der Waals surface area contributed by atoms with Crippen LogP contribution in [0.3, 0.4) is 0 Å². The number of rotatable bonds is 5. The molecule has 0 saturated heterocycles. The van der Waals surface area contributed by atoms with Crippen molar-refractivity contribution < 1.29 is 9.72 Å². The molecular weight excluding hydrogens is 302 g/mol. The van der Waals surface area contributed by atoms with Crippen LogP contribution in [0.25, 0.3) is 6.08 Å². The van der Waals surface area contributed by atoms with Crippen LogP contribution in [0, 0.1) is 10.1 Å².